The van der Waals surface area contributed by atoms with Gasteiger partial charge in [0.05, 0.1) is 18.8 Å². The van der Waals surface area contributed by atoms with Crippen LogP contribution in [0.3, 0.4) is 0 Å². The summed E-state index contributed by atoms with van der Waals surface area (Å²) in [7, 11) is 3.84. The van der Waals surface area contributed by atoms with Gasteiger partial charge in [-0.05, 0) is 82.1 Å². The van der Waals surface area contributed by atoms with Gasteiger partial charge in [-0.2, -0.15) is 0 Å². The summed E-state index contributed by atoms with van der Waals surface area (Å²) in [5, 5.41) is 0. The van der Waals surface area contributed by atoms with Gasteiger partial charge < -0.3 is 19.4 Å². The molecular formula is C27H41N3O2. The number of nitrogens with zero attached hydrogens (tertiary/aromatic N) is 3. The Labute approximate surface area is 195 Å². The fraction of sp³-hybridized carbons (Fsp3) is 0.519. The molecule has 1 amide bonds. The zero-order valence-corrected chi connectivity index (χ0v) is 21.4. The number of benzene rings is 1. The fourth-order valence-electron chi connectivity index (χ4n) is 4.04. The van der Waals surface area contributed by atoms with E-state index < -0.39 is 0 Å². The molecule has 0 spiro atoms. The average molecular weight is 440 g/mol. The summed E-state index contributed by atoms with van der Waals surface area (Å²) in [5.41, 5.74) is 5.39. The monoisotopic (exact) mass is 439 g/mol. The van der Waals surface area contributed by atoms with E-state index >= 15 is 0 Å². The third-order valence-electron chi connectivity index (χ3n) is 6.49. The van der Waals surface area contributed by atoms with Crippen LogP contribution in [0.15, 0.2) is 47.8 Å². The van der Waals surface area contributed by atoms with E-state index in [0.717, 1.165) is 47.8 Å². The lowest BCUT2D eigenvalue weighted by Crippen LogP contribution is -2.50. The van der Waals surface area contributed by atoms with E-state index in [1.165, 1.54) is 5.57 Å². The Morgan fingerprint density at radius 2 is 1.84 bits per heavy atom. The second-order valence-corrected chi connectivity index (χ2v) is 8.65. The van der Waals surface area contributed by atoms with Crippen LogP contribution in [-0.2, 0) is 4.79 Å². The van der Waals surface area contributed by atoms with Gasteiger partial charge in [0, 0.05) is 38.0 Å². The summed E-state index contributed by atoms with van der Waals surface area (Å²) in [5.74, 6) is 0.873. The van der Waals surface area contributed by atoms with Gasteiger partial charge in [-0.25, -0.2) is 0 Å². The van der Waals surface area contributed by atoms with Crippen molar-refractivity contribution in [3.63, 3.8) is 0 Å². The number of carbonyl (C=O) groups excluding carboxylic acids is 1. The van der Waals surface area contributed by atoms with Crippen molar-refractivity contribution in [1.82, 2.24) is 14.7 Å². The van der Waals surface area contributed by atoms with Gasteiger partial charge in [0.25, 0.3) is 5.91 Å². The molecule has 0 aliphatic carbocycles. The number of rotatable bonds is 4. The number of methoxy groups -OCH3 is 1. The Bertz CT molecular complexity index is 900. The number of likely N-dealkylation sites (N-methyl/N-ethyl adjacent to an activating group) is 1. The van der Waals surface area contributed by atoms with Crippen LogP contribution in [0.2, 0.25) is 0 Å². The summed E-state index contributed by atoms with van der Waals surface area (Å²) < 4.78 is 5.35. The molecule has 176 valence electrons. The lowest BCUT2D eigenvalue weighted by atomic mass is 10.0. The summed E-state index contributed by atoms with van der Waals surface area (Å²) >= 11 is 0. The van der Waals surface area contributed by atoms with E-state index in [9.17, 15) is 4.79 Å². The van der Waals surface area contributed by atoms with E-state index in [1.807, 2.05) is 50.9 Å². The predicted molar refractivity (Wildman–Crippen MR) is 135 cm³/mol. The molecule has 1 aromatic carbocycles. The van der Waals surface area contributed by atoms with Crippen LogP contribution in [0.25, 0.3) is 5.57 Å². The molecule has 3 rings (SSSR count). The van der Waals surface area contributed by atoms with Crippen molar-refractivity contribution in [1.29, 1.82) is 0 Å². The summed E-state index contributed by atoms with van der Waals surface area (Å²) in [4.78, 5) is 19.9. The second kappa shape index (κ2) is 11.4. The molecule has 1 saturated heterocycles. The van der Waals surface area contributed by atoms with Crippen LogP contribution in [0.5, 0.6) is 5.75 Å². The quantitative estimate of drug-likeness (QED) is 0.613. The van der Waals surface area contributed by atoms with Crippen LogP contribution in [0.4, 0.5) is 0 Å². The Hall–Kier alpha value is -2.53. The van der Waals surface area contributed by atoms with E-state index in [2.05, 4.69) is 49.8 Å². The Morgan fingerprint density at radius 1 is 1.16 bits per heavy atom. The molecule has 1 fully saturated rings. The van der Waals surface area contributed by atoms with E-state index in [0.29, 0.717) is 6.04 Å². The molecule has 2 atom stereocenters. The SMILES string of the molecule is CC.COc1ccc(/C(C)=C/C(=O)N2C=C(N3CCN(C)[C@H](C)C3)C=C(C)C2C)cc1C. The third-order valence-corrected chi connectivity index (χ3v) is 6.49. The standard InChI is InChI=1S/C25H35N3O2.C2H6/c1-17-13-23(27-11-10-26(6)20(4)15-27)16-28(21(17)5)25(29)14-18(2)22-8-9-24(30-7)19(3)12-22;1-2/h8-9,12-14,16,20-21H,10-11,15H2,1-7H3;1-2H3/b18-14+;/t20-,21?;/m1./s1. The Morgan fingerprint density at radius 3 is 2.44 bits per heavy atom. The zero-order chi connectivity index (χ0) is 24.0. The molecule has 5 heteroatoms. The van der Waals surface area contributed by atoms with Crippen molar-refractivity contribution in [2.75, 3.05) is 33.8 Å². The van der Waals surface area contributed by atoms with Crippen LogP contribution in [-0.4, -0.2) is 66.5 Å². The zero-order valence-electron chi connectivity index (χ0n) is 21.4. The summed E-state index contributed by atoms with van der Waals surface area (Å²) in [6, 6.07) is 6.57. The number of ether oxygens (including phenoxy) is 1. The maximum Gasteiger partial charge on any atom is 0.251 e. The number of carbonyl (C=O) groups is 1. The van der Waals surface area contributed by atoms with E-state index in [-0.39, 0.29) is 11.9 Å². The number of allylic oxidation sites excluding steroid dienone is 2. The van der Waals surface area contributed by atoms with Crippen LogP contribution >= 0.6 is 0 Å². The molecule has 2 aliphatic heterocycles. The Balaban J connectivity index is 0.00000176. The lowest BCUT2D eigenvalue weighted by molar-refractivity contribution is -0.124. The summed E-state index contributed by atoms with van der Waals surface area (Å²) in [6.45, 7) is 17.4. The first-order valence-electron chi connectivity index (χ1n) is 11.7. The van der Waals surface area contributed by atoms with Crippen LogP contribution < -0.4 is 4.74 Å². The number of hydrogen-bond donors (Lipinski definition) is 0. The van der Waals surface area contributed by atoms with Gasteiger partial charge in [-0.1, -0.05) is 19.9 Å². The maximum absolute atomic E-state index is 13.2. The molecule has 5 nitrogen and oxygen atoms in total. The van der Waals surface area contributed by atoms with Crippen molar-refractivity contribution < 1.29 is 9.53 Å². The van der Waals surface area contributed by atoms with Crippen molar-refractivity contribution in [3.05, 3.63) is 58.9 Å². The van der Waals surface area contributed by atoms with Crippen LogP contribution in [0, 0.1) is 6.92 Å². The minimum absolute atomic E-state index is 0.0144. The second-order valence-electron chi connectivity index (χ2n) is 8.65. The highest BCUT2D eigenvalue weighted by Crippen LogP contribution is 2.27. The smallest absolute Gasteiger partial charge is 0.251 e. The first kappa shape index (κ1) is 25.7. The molecule has 0 N–H and O–H groups in total. The van der Waals surface area contributed by atoms with Gasteiger partial charge in [0.2, 0.25) is 0 Å². The third kappa shape index (κ3) is 5.83. The predicted octanol–water partition coefficient (Wildman–Crippen LogP) is 5.09. The van der Waals surface area contributed by atoms with Crippen molar-refractivity contribution >= 4 is 11.5 Å². The number of aryl methyl sites for hydroxylation is 1. The van der Waals surface area contributed by atoms with Gasteiger partial charge in [0.15, 0.2) is 0 Å². The first-order valence-corrected chi connectivity index (χ1v) is 11.7. The molecule has 1 unspecified atom stereocenters. The van der Waals surface area contributed by atoms with Gasteiger partial charge in [0.1, 0.15) is 5.75 Å². The summed E-state index contributed by atoms with van der Waals surface area (Å²) in [6.07, 6.45) is 6.01. The largest absolute Gasteiger partial charge is 0.496 e. The van der Waals surface area contributed by atoms with Gasteiger partial charge in [-0.15, -0.1) is 0 Å². The molecule has 0 bridgehead atoms. The van der Waals surface area contributed by atoms with Crippen molar-refractivity contribution in [2.24, 2.45) is 0 Å². The highest BCUT2D eigenvalue weighted by molar-refractivity contribution is 5.96. The fourth-order valence-corrected chi connectivity index (χ4v) is 4.04. The molecule has 2 heterocycles. The minimum atomic E-state index is 0.0144. The van der Waals surface area contributed by atoms with Crippen LogP contribution in [0.1, 0.15) is 52.7 Å². The molecule has 0 radical (unpaired) electrons. The molecule has 0 aromatic heterocycles. The van der Waals surface area contributed by atoms with Crippen molar-refractivity contribution in [3.8, 4) is 5.75 Å². The molecule has 32 heavy (non-hydrogen) atoms. The number of piperazine rings is 1. The highest BCUT2D eigenvalue weighted by atomic mass is 16.5. The van der Waals surface area contributed by atoms with E-state index in [1.54, 1.807) is 13.2 Å². The number of amides is 1. The molecule has 2 aliphatic rings. The topological polar surface area (TPSA) is 36.0 Å². The average Bonchev–Trinajstić information content (AvgIpc) is 2.78. The van der Waals surface area contributed by atoms with Gasteiger partial charge in [-0.3, -0.25) is 4.79 Å². The first-order chi connectivity index (χ1) is 15.2. The normalized spacial score (nSPS) is 22.0. The minimum Gasteiger partial charge on any atom is -0.496 e. The molecule has 1 aromatic rings. The molecular weight excluding hydrogens is 398 g/mol. The van der Waals surface area contributed by atoms with E-state index in [4.69, 9.17) is 4.74 Å². The number of hydrogen-bond acceptors (Lipinski definition) is 4. The van der Waals surface area contributed by atoms with Gasteiger partial charge >= 0.3 is 0 Å². The molecule has 0 saturated carbocycles. The maximum atomic E-state index is 13.2. The highest BCUT2D eigenvalue weighted by Gasteiger charge is 2.27. The lowest BCUT2D eigenvalue weighted by Gasteiger charge is -2.41. The Kier molecular flexibility index (Phi) is 9.14. The van der Waals surface area contributed by atoms with Crippen molar-refractivity contribution in [2.45, 2.75) is 60.5 Å².